The minimum Gasteiger partial charge on any atom is -0.493 e. The number of ether oxygens (including phenoxy) is 3. The molecule has 22 N–H and O–H groups in total. The van der Waals surface area contributed by atoms with E-state index in [4.69, 9.17) is 42.9 Å². The van der Waals surface area contributed by atoms with Gasteiger partial charge in [0.25, 0.3) is 0 Å². The zero-order chi connectivity index (χ0) is 87.9. The number of aromatic amines is 1. The average molecular weight is 1650 g/mol. The number of nitrogens with one attached hydrogen (secondary N) is 10. The van der Waals surface area contributed by atoms with E-state index in [-0.39, 0.29) is 55.0 Å². The third-order valence-corrected chi connectivity index (χ3v) is 19.3. The number of rotatable bonds is 56. The quantitative estimate of drug-likeness (QED) is 0.00878. The summed E-state index contributed by atoms with van der Waals surface area (Å²) in [7, 11) is 1.37. The molecule has 38 nitrogen and oxygen atoms in total. The number of aromatic nitrogens is 1. The molecule has 4 rings (SSSR count). The maximum absolute atomic E-state index is 14.9. The van der Waals surface area contributed by atoms with Crippen LogP contribution in [0.25, 0.3) is 10.9 Å². The summed E-state index contributed by atoms with van der Waals surface area (Å²) < 4.78 is 16.2. The van der Waals surface area contributed by atoms with Crippen LogP contribution in [-0.4, -0.2) is 209 Å². The molecule has 0 aliphatic heterocycles. The first-order valence-corrected chi connectivity index (χ1v) is 39.0. The van der Waals surface area contributed by atoms with Gasteiger partial charge in [-0.05, 0) is 88.4 Å². The van der Waals surface area contributed by atoms with Crippen molar-refractivity contribution in [3.05, 3.63) is 90.1 Å². The Balaban J connectivity index is 1.67. The number of nitrogen functional groups attached to an aromatic ring is 1. The summed E-state index contributed by atoms with van der Waals surface area (Å²) in [5, 5.41) is 41.8. The van der Waals surface area contributed by atoms with Gasteiger partial charge in [-0.15, -0.1) is 0 Å². The number of benzene rings is 3. The molecule has 3 aromatic carbocycles. The van der Waals surface area contributed by atoms with Gasteiger partial charge in [0.1, 0.15) is 42.9 Å². The summed E-state index contributed by atoms with van der Waals surface area (Å²) in [4.78, 5) is 250. The highest BCUT2D eigenvalue weighted by molar-refractivity contribution is 6.05. The zero-order valence-corrected chi connectivity index (χ0v) is 67.4. The topological polar surface area (TPSA) is 630 Å². The number of nitrogens with two attached hydrogens (primary N) is 5. The fourth-order valence-electron chi connectivity index (χ4n) is 12.5. The van der Waals surface area contributed by atoms with Gasteiger partial charge in [-0.1, -0.05) is 102 Å². The summed E-state index contributed by atoms with van der Waals surface area (Å²) >= 11 is 0. The van der Waals surface area contributed by atoms with Crippen molar-refractivity contribution in [3.63, 3.8) is 0 Å². The molecule has 38 heteroatoms. The molecule has 1 heterocycles. The van der Waals surface area contributed by atoms with Crippen molar-refractivity contribution >= 4 is 123 Å². The van der Waals surface area contributed by atoms with E-state index < -0.39 is 249 Å². The molecule has 646 valence electrons. The molecule has 0 saturated heterocycles. The number of esters is 2. The number of Topliss-reactive ketones (excluding diaryl/α,β-unsaturated/α-hetero) is 4. The number of aliphatic hydroxyl groups is 1. The van der Waals surface area contributed by atoms with Gasteiger partial charge in [0.05, 0.1) is 50.7 Å². The number of carbonyl (C=O) groups excluding carboxylic acids is 17. The van der Waals surface area contributed by atoms with Crippen molar-refractivity contribution in [2.75, 3.05) is 39.1 Å². The van der Waals surface area contributed by atoms with Crippen LogP contribution in [0.2, 0.25) is 0 Å². The van der Waals surface area contributed by atoms with E-state index in [0.29, 0.717) is 22.9 Å². The summed E-state index contributed by atoms with van der Waals surface area (Å²) in [6.07, 6.45) is -0.410. The Labute approximate surface area is 682 Å². The number of methoxy groups -OCH3 is 1. The minimum absolute atomic E-state index is 0.0161. The summed E-state index contributed by atoms with van der Waals surface area (Å²) in [6.45, 7) is 5.74. The number of H-pyrrole nitrogens is 1. The molecule has 0 spiro atoms. The van der Waals surface area contributed by atoms with Gasteiger partial charge in [0.15, 0.2) is 34.6 Å². The molecule has 0 bridgehead atoms. The summed E-state index contributed by atoms with van der Waals surface area (Å²) in [5.41, 5.74) is 30.0. The van der Waals surface area contributed by atoms with Crippen molar-refractivity contribution in [3.8, 4) is 11.5 Å². The lowest BCUT2D eigenvalue weighted by Gasteiger charge is -2.29. The standard InChI is InChI=1S/C80H113N15O23/c1-8-9-10-11-12-13-14-29-68(103)92-58(33-49-39-86-55-25-18-16-22-50(49)55)78(113)93-57(38-67(85)102)63(100)34-48(35-66(84)101)76(111)95-72(47(6)117-80(115)59(37-60(97)51-23-15-17-24-53(51)82)94-77(112)52(43(2)32-70(105)106)36-61(98)54(83)42-96)79(114)87-40-69(104)91-56(26-21-30-81)62(99)31-44(3)73(108)89-46(5)75(110)90-45(4)74(109)88-41-71(107)118-65-28-20-19-27-64(65)116-7/h15-20,22-25,27-28,39,43-48,52,54,56-59,72,86,96H,8-14,21,26,29-38,40-42,81-83H2,1-7H3,(H2,84,101)(H2,85,102)(H,87,114)(H,88,109)(H,89,108)(H,90,110)(H,91,104)(H,92,103)(H,93,113)(H,94,112)(H,95,111)(H,105,106)/t43-,44-,45+,46-,47-,48+,52+,54-,56+,57-,58+,59+,72+/m1/s1. The van der Waals surface area contributed by atoms with Gasteiger partial charge in [0.2, 0.25) is 65.0 Å². The number of hydrogen-bond acceptors (Lipinski definition) is 25. The van der Waals surface area contributed by atoms with Crippen LogP contribution < -0.4 is 86.0 Å². The van der Waals surface area contributed by atoms with Gasteiger partial charge >= 0.3 is 17.9 Å². The number of fused-ring (bicyclic) bond motifs is 1. The van der Waals surface area contributed by atoms with E-state index in [1.165, 1.54) is 65.1 Å². The molecule has 1 aromatic heterocycles. The fraction of sp³-hybridized carbons (Fsp3) is 0.525. The molecular weight excluding hydrogens is 1540 g/mol. The van der Waals surface area contributed by atoms with E-state index in [0.717, 1.165) is 45.4 Å². The molecular formula is C80H113N15O23. The maximum Gasteiger partial charge on any atom is 0.330 e. The number of aliphatic carboxylic acids is 1. The smallest absolute Gasteiger partial charge is 0.330 e. The Morgan fingerprint density at radius 3 is 1.77 bits per heavy atom. The number of ketones is 4. The third-order valence-electron chi connectivity index (χ3n) is 19.3. The van der Waals surface area contributed by atoms with Gasteiger partial charge in [-0.25, -0.2) is 9.59 Å². The SMILES string of the molecule is CCCCCCCCCC(=O)N[C@@H](Cc1c[nH]c2ccccc12)C(=O)N[C@H](CC(N)=O)C(=O)C[C@@H](CC(N)=O)C(=O)N[C@H](C(=O)NCC(=O)N[C@@H](CCCN)C(=O)C[C@@H](C)C(=O)N[C@H](C)C(=O)N[C@@H](C)C(=O)NCC(=O)Oc1ccccc1OC)[C@@H](C)OC(=O)[C@H](CC(=O)c1ccccc1N)NC(=O)[C@@H](CC(=O)[C@H](N)CO)[C@H](C)CC(=O)O. The third kappa shape index (κ3) is 33.6. The van der Waals surface area contributed by atoms with Crippen molar-refractivity contribution in [1.29, 1.82) is 0 Å². The van der Waals surface area contributed by atoms with E-state index >= 15 is 0 Å². The Morgan fingerprint density at radius 1 is 0.534 bits per heavy atom. The van der Waals surface area contributed by atoms with Gasteiger partial charge in [-0.3, -0.25) is 76.7 Å². The van der Waals surface area contributed by atoms with Crippen LogP contribution >= 0.6 is 0 Å². The minimum atomic E-state index is -2.26. The van der Waals surface area contributed by atoms with Crippen LogP contribution in [0.1, 0.15) is 167 Å². The van der Waals surface area contributed by atoms with Crippen LogP contribution in [0.4, 0.5) is 5.69 Å². The number of carboxylic acids is 1. The lowest BCUT2D eigenvalue weighted by atomic mass is 9.84. The Kier molecular flexibility index (Phi) is 42.0. The Morgan fingerprint density at radius 2 is 1.13 bits per heavy atom. The molecule has 0 saturated carbocycles. The number of unbranched alkanes of at least 4 members (excludes halogenated alkanes) is 6. The number of carbonyl (C=O) groups is 18. The summed E-state index contributed by atoms with van der Waals surface area (Å²) in [5.74, 6) is -24.5. The largest absolute Gasteiger partial charge is 0.493 e. The zero-order valence-electron chi connectivity index (χ0n) is 67.4. The fourth-order valence-corrected chi connectivity index (χ4v) is 12.5. The average Bonchev–Trinajstić information content (AvgIpc) is 1.84. The first kappa shape index (κ1) is 98.3. The van der Waals surface area contributed by atoms with Crippen LogP contribution in [0, 0.1) is 23.7 Å². The second kappa shape index (κ2) is 50.4. The maximum atomic E-state index is 14.9. The molecule has 13 atom stereocenters. The molecule has 0 unspecified atom stereocenters. The van der Waals surface area contributed by atoms with Crippen molar-refractivity contribution in [1.82, 2.24) is 52.8 Å². The number of anilines is 1. The van der Waals surface area contributed by atoms with E-state index in [1.807, 2.05) is 0 Å². The van der Waals surface area contributed by atoms with Gasteiger partial charge in [-0.2, -0.15) is 0 Å². The molecule has 11 amide bonds. The number of para-hydroxylation sites is 4. The number of carboxylic acid groups (broad SMARTS) is 1. The first-order valence-electron chi connectivity index (χ1n) is 39.0. The normalized spacial score (nSPS) is 14.4. The number of aliphatic hydroxyl groups excluding tert-OH is 1. The van der Waals surface area contributed by atoms with Crippen LogP contribution in [-0.2, 0) is 92.7 Å². The highest BCUT2D eigenvalue weighted by atomic mass is 16.6. The molecule has 0 fully saturated rings. The number of primary amides is 2. The monoisotopic (exact) mass is 1650 g/mol. The number of amides is 11. The van der Waals surface area contributed by atoms with E-state index in [9.17, 15) is 96.5 Å². The molecule has 0 aliphatic carbocycles. The van der Waals surface area contributed by atoms with Crippen LogP contribution in [0.3, 0.4) is 0 Å². The predicted molar refractivity (Wildman–Crippen MR) is 427 cm³/mol. The number of hydrogen-bond donors (Lipinski definition) is 17. The predicted octanol–water partition coefficient (Wildman–Crippen LogP) is -0.416. The lowest BCUT2D eigenvalue weighted by molar-refractivity contribution is -0.156. The van der Waals surface area contributed by atoms with Crippen molar-refractivity contribution in [2.45, 2.75) is 212 Å². The second-order valence-corrected chi connectivity index (χ2v) is 29.0. The van der Waals surface area contributed by atoms with E-state index in [2.05, 4.69) is 59.8 Å². The lowest BCUT2D eigenvalue weighted by Crippen LogP contribution is -2.57. The first-order chi connectivity index (χ1) is 55.9. The van der Waals surface area contributed by atoms with Crippen LogP contribution in [0.5, 0.6) is 11.5 Å². The van der Waals surface area contributed by atoms with Gasteiger partial charge in [0, 0.05) is 91.6 Å². The van der Waals surface area contributed by atoms with Gasteiger partial charge < -0.3 is 106 Å². The van der Waals surface area contributed by atoms with Crippen molar-refractivity contribution < 1.29 is 111 Å². The Hall–Kier alpha value is -12.1. The molecule has 0 aliphatic rings. The second-order valence-electron chi connectivity index (χ2n) is 29.0. The molecule has 118 heavy (non-hydrogen) atoms. The molecule has 4 aromatic rings. The van der Waals surface area contributed by atoms with E-state index in [1.54, 1.807) is 48.7 Å². The highest BCUT2D eigenvalue weighted by Crippen LogP contribution is 2.27. The highest BCUT2D eigenvalue weighted by Gasteiger charge is 2.40. The Bertz CT molecular complexity index is 4190. The summed E-state index contributed by atoms with van der Waals surface area (Å²) in [6, 6.07) is 5.71. The molecule has 0 radical (unpaired) electrons. The van der Waals surface area contributed by atoms with Crippen molar-refractivity contribution in [2.24, 2.45) is 46.6 Å². The van der Waals surface area contributed by atoms with Crippen LogP contribution in [0.15, 0.2) is 79.0 Å².